The zero-order valence-corrected chi connectivity index (χ0v) is 8.71. The van der Waals surface area contributed by atoms with Gasteiger partial charge >= 0.3 is 0 Å². The number of methoxy groups -OCH3 is 1. The molecule has 4 heteroatoms. The van der Waals surface area contributed by atoms with Gasteiger partial charge in [0.1, 0.15) is 0 Å². The standard InChI is InChI=1S/C9H22N2O2/c1-9(3-4-10)11-5-6-13-8-7-12-2/h9,11H,3-8,10H2,1-2H3. The quantitative estimate of drug-likeness (QED) is 0.502. The van der Waals surface area contributed by atoms with Crippen LogP contribution in [-0.4, -0.2) is 46.1 Å². The topological polar surface area (TPSA) is 56.5 Å². The maximum absolute atomic E-state index is 5.41. The molecular formula is C9H22N2O2. The lowest BCUT2D eigenvalue weighted by atomic mass is 10.2. The summed E-state index contributed by atoms with van der Waals surface area (Å²) in [4.78, 5) is 0. The molecule has 0 amide bonds. The average molecular weight is 190 g/mol. The SMILES string of the molecule is COCCOCCNC(C)CCN. The van der Waals surface area contributed by atoms with Gasteiger partial charge in [-0.1, -0.05) is 0 Å². The monoisotopic (exact) mass is 190 g/mol. The van der Waals surface area contributed by atoms with E-state index in [1.807, 2.05) is 0 Å². The van der Waals surface area contributed by atoms with Crippen LogP contribution in [0.25, 0.3) is 0 Å². The molecule has 13 heavy (non-hydrogen) atoms. The number of nitrogens with two attached hydrogens (primary N) is 1. The van der Waals surface area contributed by atoms with Crippen LogP contribution in [0.5, 0.6) is 0 Å². The summed E-state index contributed by atoms with van der Waals surface area (Å²) in [5, 5.41) is 3.31. The Morgan fingerprint density at radius 1 is 1.31 bits per heavy atom. The van der Waals surface area contributed by atoms with Gasteiger partial charge in [0.2, 0.25) is 0 Å². The van der Waals surface area contributed by atoms with Crippen molar-refractivity contribution in [3.63, 3.8) is 0 Å². The first-order valence-corrected chi connectivity index (χ1v) is 4.81. The van der Waals surface area contributed by atoms with Crippen LogP contribution in [-0.2, 0) is 9.47 Å². The molecule has 0 radical (unpaired) electrons. The fourth-order valence-electron chi connectivity index (χ4n) is 0.974. The van der Waals surface area contributed by atoms with Gasteiger partial charge in [-0.05, 0) is 19.9 Å². The molecule has 1 atom stereocenters. The normalized spacial score (nSPS) is 13.2. The van der Waals surface area contributed by atoms with Crippen molar-refractivity contribution in [1.82, 2.24) is 5.32 Å². The number of nitrogens with one attached hydrogen (secondary N) is 1. The van der Waals surface area contributed by atoms with E-state index in [2.05, 4.69) is 12.2 Å². The summed E-state index contributed by atoms with van der Waals surface area (Å²) >= 11 is 0. The molecule has 0 aliphatic rings. The molecule has 0 aromatic heterocycles. The van der Waals surface area contributed by atoms with Crippen molar-refractivity contribution in [2.75, 3.05) is 40.0 Å². The van der Waals surface area contributed by atoms with Crippen LogP contribution in [0.1, 0.15) is 13.3 Å². The van der Waals surface area contributed by atoms with Gasteiger partial charge in [0.15, 0.2) is 0 Å². The third-order valence-corrected chi connectivity index (χ3v) is 1.77. The molecule has 0 fully saturated rings. The van der Waals surface area contributed by atoms with Gasteiger partial charge in [-0.15, -0.1) is 0 Å². The van der Waals surface area contributed by atoms with E-state index in [9.17, 15) is 0 Å². The largest absolute Gasteiger partial charge is 0.382 e. The molecule has 0 aliphatic carbocycles. The summed E-state index contributed by atoms with van der Waals surface area (Å²) in [6, 6.07) is 0.482. The van der Waals surface area contributed by atoms with E-state index < -0.39 is 0 Å². The Kier molecular flexibility index (Phi) is 9.80. The first-order valence-electron chi connectivity index (χ1n) is 4.81. The molecule has 80 valence electrons. The van der Waals surface area contributed by atoms with Gasteiger partial charge in [-0.2, -0.15) is 0 Å². The minimum atomic E-state index is 0.482. The van der Waals surface area contributed by atoms with Crippen molar-refractivity contribution in [2.24, 2.45) is 5.73 Å². The van der Waals surface area contributed by atoms with Crippen molar-refractivity contribution < 1.29 is 9.47 Å². The summed E-state index contributed by atoms with van der Waals surface area (Å²) in [5.41, 5.74) is 5.41. The van der Waals surface area contributed by atoms with Crippen LogP contribution in [0.3, 0.4) is 0 Å². The molecule has 0 spiro atoms. The highest BCUT2D eigenvalue weighted by Gasteiger charge is 1.97. The Morgan fingerprint density at radius 3 is 2.69 bits per heavy atom. The van der Waals surface area contributed by atoms with Gasteiger partial charge < -0.3 is 20.5 Å². The van der Waals surface area contributed by atoms with E-state index in [-0.39, 0.29) is 0 Å². The molecule has 0 saturated heterocycles. The summed E-state index contributed by atoms with van der Waals surface area (Å²) in [7, 11) is 1.67. The predicted octanol–water partition coefficient (Wildman–Crippen LogP) is -0.0237. The molecule has 1 unspecified atom stereocenters. The molecule has 0 aromatic carbocycles. The lowest BCUT2D eigenvalue weighted by Gasteiger charge is -2.12. The first kappa shape index (κ1) is 12.8. The molecule has 3 N–H and O–H groups in total. The highest BCUT2D eigenvalue weighted by molar-refractivity contribution is 4.59. The van der Waals surface area contributed by atoms with Crippen molar-refractivity contribution in [3.05, 3.63) is 0 Å². The molecular weight excluding hydrogens is 168 g/mol. The number of rotatable bonds is 9. The van der Waals surface area contributed by atoms with Gasteiger partial charge in [0.05, 0.1) is 19.8 Å². The van der Waals surface area contributed by atoms with Crippen LogP contribution in [0, 0.1) is 0 Å². The van der Waals surface area contributed by atoms with E-state index >= 15 is 0 Å². The highest BCUT2D eigenvalue weighted by Crippen LogP contribution is 1.86. The third-order valence-electron chi connectivity index (χ3n) is 1.77. The Labute approximate surface area is 80.8 Å². The van der Waals surface area contributed by atoms with Crippen LogP contribution in [0.4, 0.5) is 0 Å². The molecule has 0 heterocycles. The molecule has 4 nitrogen and oxygen atoms in total. The Bertz CT molecular complexity index is 102. The number of ether oxygens (including phenoxy) is 2. The molecule has 0 rings (SSSR count). The Hall–Kier alpha value is -0.160. The second kappa shape index (κ2) is 9.92. The lowest BCUT2D eigenvalue weighted by Crippen LogP contribution is -2.31. The minimum Gasteiger partial charge on any atom is -0.382 e. The average Bonchev–Trinajstić information content (AvgIpc) is 2.11. The number of hydrogen-bond acceptors (Lipinski definition) is 4. The molecule has 0 bridgehead atoms. The van der Waals surface area contributed by atoms with Gasteiger partial charge in [0, 0.05) is 19.7 Å². The van der Waals surface area contributed by atoms with Crippen LogP contribution in [0.15, 0.2) is 0 Å². The second-order valence-electron chi connectivity index (χ2n) is 3.04. The van der Waals surface area contributed by atoms with Gasteiger partial charge in [0.25, 0.3) is 0 Å². The van der Waals surface area contributed by atoms with Crippen molar-refractivity contribution in [2.45, 2.75) is 19.4 Å². The maximum atomic E-state index is 5.41. The smallest absolute Gasteiger partial charge is 0.0700 e. The zero-order chi connectivity index (χ0) is 9.94. The highest BCUT2D eigenvalue weighted by atomic mass is 16.5. The van der Waals surface area contributed by atoms with Gasteiger partial charge in [-0.3, -0.25) is 0 Å². The summed E-state index contributed by atoms with van der Waals surface area (Å²) in [6.45, 7) is 5.81. The summed E-state index contributed by atoms with van der Waals surface area (Å²) in [6.07, 6.45) is 1.01. The van der Waals surface area contributed by atoms with E-state index in [4.69, 9.17) is 15.2 Å². The zero-order valence-electron chi connectivity index (χ0n) is 8.71. The van der Waals surface area contributed by atoms with Crippen LogP contribution >= 0.6 is 0 Å². The fraction of sp³-hybridized carbons (Fsp3) is 1.00. The van der Waals surface area contributed by atoms with Crippen LogP contribution < -0.4 is 11.1 Å². The van der Waals surface area contributed by atoms with E-state index in [1.54, 1.807) is 7.11 Å². The first-order chi connectivity index (χ1) is 6.31. The minimum absolute atomic E-state index is 0.482. The molecule has 0 aliphatic heterocycles. The Morgan fingerprint density at radius 2 is 2.08 bits per heavy atom. The maximum Gasteiger partial charge on any atom is 0.0700 e. The van der Waals surface area contributed by atoms with Crippen molar-refractivity contribution in [1.29, 1.82) is 0 Å². The third kappa shape index (κ3) is 9.76. The summed E-state index contributed by atoms with van der Waals surface area (Å²) in [5.74, 6) is 0. The predicted molar refractivity (Wildman–Crippen MR) is 53.8 cm³/mol. The van der Waals surface area contributed by atoms with E-state index in [0.29, 0.717) is 19.3 Å². The van der Waals surface area contributed by atoms with E-state index in [1.165, 1.54) is 0 Å². The molecule has 0 aromatic rings. The van der Waals surface area contributed by atoms with E-state index in [0.717, 1.165) is 26.1 Å². The summed E-state index contributed by atoms with van der Waals surface area (Å²) < 4.78 is 10.1. The van der Waals surface area contributed by atoms with Crippen molar-refractivity contribution >= 4 is 0 Å². The van der Waals surface area contributed by atoms with Gasteiger partial charge in [-0.25, -0.2) is 0 Å². The van der Waals surface area contributed by atoms with Crippen LogP contribution in [0.2, 0.25) is 0 Å². The number of hydrogen-bond donors (Lipinski definition) is 2. The lowest BCUT2D eigenvalue weighted by molar-refractivity contribution is 0.0711. The second-order valence-corrected chi connectivity index (χ2v) is 3.04. The van der Waals surface area contributed by atoms with Crippen molar-refractivity contribution in [3.8, 4) is 0 Å². The fourth-order valence-corrected chi connectivity index (χ4v) is 0.974. The molecule has 0 saturated carbocycles. The Balaban J connectivity index is 2.97.